The van der Waals surface area contributed by atoms with E-state index in [-0.39, 0.29) is 17.3 Å². The van der Waals surface area contributed by atoms with Crippen LogP contribution in [0.15, 0.2) is 29.2 Å². The van der Waals surface area contributed by atoms with Gasteiger partial charge in [0.05, 0.1) is 29.9 Å². The standard InChI is InChI=1S/C11H14O5S/c1-15-7-8-17(13,14)10-5-3-9(4-6-10)11(12)16-2/h3-6H,7-8H2,1-2H3. The van der Waals surface area contributed by atoms with Crippen molar-refractivity contribution < 1.29 is 22.7 Å². The number of benzene rings is 1. The fourth-order valence-electron chi connectivity index (χ4n) is 1.23. The van der Waals surface area contributed by atoms with Crippen LogP contribution in [0.5, 0.6) is 0 Å². The summed E-state index contributed by atoms with van der Waals surface area (Å²) in [5.74, 6) is -0.577. The van der Waals surface area contributed by atoms with Crippen LogP contribution in [0.25, 0.3) is 0 Å². The van der Waals surface area contributed by atoms with E-state index in [4.69, 9.17) is 4.74 Å². The van der Waals surface area contributed by atoms with E-state index in [1.807, 2.05) is 0 Å². The molecule has 0 saturated heterocycles. The van der Waals surface area contributed by atoms with Gasteiger partial charge in [0.2, 0.25) is 0 Å². The van der Waals surface area contributed by atoms with Gasteiger partial charge in [-0.15, -0.1) is 0 Å². The highest BCUT2D eigenvalue weighted by Crippen LogP contribution is 2.13. The molecular formula is C11H14O5S. The van der Waals surface area contributed by atoms with Crippen LogP contribution in [0.2, 0.25) is 0 Å². The molecule has 5 nitrogen and oxygen atoms in total. The normalized spacial score (nSPS) is 11.2. The lowest BCUT2D eigenvalue weighted by molar-refractivity contribution is 0.0600. The summed E-state index contributed by atoms with van der Waals surface area (Å²) in [6, 6.07) is 5.62. The minimum atomic E-state index is -3.35. The molecule has 0 aliphatic carbocycles. The maximum atomic E-state index is 11.7. The lowest BCUT2D eigenvalue weighted by Crippen LogP contribution is -2.11. The van der Waals surface area contributed by atoms with Crippen molar-refractivity contribution in [2.24, 2.45) is 0 Å². The fourth-order valence-corrected chi connectivity index (χ4v) is 2.40. The third-order valence-corrected chi connectivity index (χ3v) is 3.89. The number of esters is 1. The van der Waals surface area contributed by atoms with Crippen molar-refractivity contribution >= 4 is 15.8 Å². The van der Waals surface area contributed by atoms with E-state index < -0.39 is 15.8 Å². The highest BCUT2D eigenvalue weighted by molar-refractivity contribution is 7.91. The Morgan fingerprint density at radius 2 is 1.76 bits per heavy atom. The third-order valence-electron chi connectivity index (χ3n) is 2.19. The fraction of sp³-hybridized carbons (Fsp3) is 0.364. The van der Waals surface area contributed by atoms with Crippen molar-refractivity contribution in [3.8, 4) is 0 Å². The predicted octanol–water partition coefficient (Wildman–Crippen LogP) is 0.893. The number of ether oxygens (including phenoxy) is 2. The summed E-state index contributed by atoms with van der Waals surface area (Å²) in [5.41, 5.74) is 0.318. The molecule has 0 N–H and O–H groups in total. The smallest absolute Gasteiger partial charge is 0.337 e. The van der Waals surface area contributed by atoms with Crippen molar-refractivity contribution in [1.82, 2.24) is 0 Å². The Labute approximate surface area is 100 Å². The van der Waals surface area contributed by atoms with Crippen molar-refractivity contribution in [2.45, 2.75) is 4.90 Å². The zero-order valence-electron chi connectivity index (χ0n) is 9.67. The summed E-state index contributed by atoms with van der Waals surface area (Å²) >= 11 is 0. The molecular weight excluding hydrogens is 244 g/mol. The van der Waals surface area contributed by atoms with E-state index in [0.29, 0.717) is 5.56 Å². The van der Waals surface area contributed by atoms with Crippen LogP contribution in [0, 0.1) is 0 Å². The van der Waals surface area contributed by atoms with Gasteiger partial charge in [0.1, 0.15) is 0 Å². The number of carbonyl (C=O) groups is 1. The molecule has 0 aromatic heterocycles. The van der Waals surface area contributed by atoms with Crippen molar-refractivity contribution in [3.63, 3.8) is 0 Å². The summed E-state index contributed by atoms with van der Waals surface area (Å²) in [5, 5.41) is 0. The molecule has 0 unspecified atom stereocenters. The monoisotopic (exact) mass is 258 g/mol. The highest BCUT2D eigenvalue weighted by Gasteiger charge is 2.14. The highest BCUT2D eigenvalue weighted by atomic mass is 32.2. The number of hydrogen-bond acceptors (Lipinski definition) is 5. The summed E-state index contributed by atoms with van der Waals surface area (Å²) in [4.78, 5) is 11.3. The van der Waals surface area contributed by atoms with E-state index in [9.17, 15) is 13.2 Å². The molecule has 0 aliphatic heterocycles. The Morgan fingerprint density at radius 3 is 2.24 bits per heavy atom. The third kappa shape index (κ3) is 3.54. The largest absolute Gasteiger partial charge is 0.465 e. The zero-order chi connectivity index (χ0) is 12.9. The van der Waals surface area contributed by atoms with Gasteiger partial charge in [-0.3, -0.25) is 0 Å². The molecule has 0 amide bonds. The Hall–Kier alpha value is -1.40. The quantitative estimate of drug-likeness (QED) is 0.734. The molecule has 0 bridgehead atoms. The first-order valence-corrected chi connectivity index (χ1v) is 6.56. The summed E-state index contributed by atoms with van der Waals surface area (Å²) < 4.78 is 32.7. The van der Waals surface area contributed by atoms with E-state index in [1.165, 1.54) is 38.5 Å². The van der Waals surface area contributed by atoms with Gasteiger partial charge >= 0.3 is 5.97 Å². The second kappa shape index (κ2) is 5.79. The average Bonchev–Trinajstić information content (AvgIpc) is 2.35. The van der Waals surface area contributed by atoms with Gasteiger partial charge in [0.15, 0.2) is 9.84 Å². The van der Waals surface area contributed by atoms with Crippen molar-refractivity contribution in [1.29, 1.82) is 0 Å². The van der Waals surface area contributed by atoms with Crippen LogP contribution in [0.4, 0.5) is 0 Å². The molecule has 0 saturated carbocycles. The lowest BCUT2D eigenvalue weighted by Gasteiger charge is -2.04. The van der Waals surface area contributed by atoms with Crippen LogP contribution in [0.1, 0.15) is 10.4 Å². The van der Waals surface area contributed by atoms with Crippen LogP contribution in [0.3, 0.4) is 0 Å². The number of hydrogen-bond donors (Lipinski definition) is 0. The Bertz CT molecular complexity index is 475. The predicted molar refractivity (Wildman–Crippen MR) is 61.7 cm³/mol. The van der Waals surface area contributed by atoms with E-state index >= 15 is 0 Å². The molecule has 0 atom stereocenters. The van der Waals surface area contributed by atoms with Crippen LogP contribution in [-0.2, 0) is 19.3 Å². The Morgan fingerprint density at radius 1 is 1.18 bits per heavy atom. The second-order valence-corrected chi connectivity index (χ2v) is 5.44. The Balaban J connectivity index is 2.91. The minimum Gasteiger partial charge on any atom is -0.465 e. The van der Waals surface area contributed by atoms with Gasteiger partial charge in [-0.1, -0.05) is 0 Å². The van der Waals surface area contributed by atoms with Crippen LogP contribution in [-0.4, -0.2) is 41.0 Å². The van der Waals surface area contributed by atoms with Crippen molar-refractivity contribution in [3.05, 3.63) is 29.8 Å². The SMILES string of the molecule is COCCS(=O)(=O)c1ccc(C(=O)OC)cc1. The van der Waals surface area contributed by atoms with Gasteiger partial charge in [-0.2, -0.15) is 0 Å². The molecule has 94 valence electrons. The molecule has 0 radical (unpaired) electrons. The maximum Gasteiger partial charge on any atom is 0.337 e. The lowest BCUT2D eigenvalue weighted by atomic mass is 10.2. The van der Waals surface area contributed by atoms with Gasteiger partial charge < -0.3 is 9.47 Å². The van der Waals surface area contributed by atoms with Gasteiger partial charge in [-0.25, -0.2) is 13.2 Å². The molecule has 0 heterocycles. The van der Waals surface area contributed by atoms with Gasteiger partial charge in [0.25, 0.3) is 0 Å². The molecule has 1 aromatic rings. The molecule has 6 heteroatoms. The van der Waals surface area contributed by atoms with Crippen LogP contribution < -0.4 is 0 Å². The minimum absolute atomic E-state index is 0.0823. The number of rotatable bonds is 5. The summed E-state index contributed by atoms with van der Waals surface area (Å²) in [6.07, 6.45) is 0. The summed E-state index contributed by atoms with van der Waals surface area (Å²) in [7, 11) is -0.639. The molecule has 0 spiro atoms. The molecule has 17 heavy (non-hydrogen) atoms. The van der Waals surface area contributed by atoms with Crippen molar-refractivity contribution in [2.75, 3.05) is 26.6 Å². The number of methoxy groups -OCH3 is 2. The van der Waals surface area contributed by atoms with Gasteiger partial charge in [0, 0.05) is 7.11 Å². The molecule has 1 aromatic carbocycles. The average molecular weight is 258 g/mol. The van der Waals surface area contributed by atoms with Crippen LogP contribution >= 0.6 is 0 Å². The molecule has 0 fully saturated rings. The first-order valence-electron chi connectivity index (χ1n) is 4.91. The number of sulfone groups is 1. The van der Waals surface area contributed by atoms with Gasteiger partial charge in [-0.05, 0) is 24.3 Å². The number of carbonyl (C=O) groups excluding carboxylic acids is 1. The zero-order valence-corrected chi connectivity index (χ0v) is 10.5. The molecule has 1 rings (SSSR count). The molecule has 0 aliphatic rings. The summed E-state index contributed by atoms with van der Waals surface area (Å²) in [6.45, 7) is 0.140. The first-order chi connectivity index (χ1) is 8.01. The van der Waals surface area contributed by atoms with E-state index in [0.717, 1.165) is 0 Å². The Kier molecular flexibility index (Phi) is 4.65. The second-order valence-electron chi connectivity index (χ2n) is 3.33. The van der Waals surface area contributed by atoms with E-state index in [2.05, 4.69) is 4.74 Å². The maximum absolute atomic E-state index is 11.7. The van der Waals surface area contributed by atoms with E-state index in [1.54, 1.807) is 0 Å². The first kappa shape index (κ1) is 13.7. The topological polar surface area (TPSA) is 69.7 Å².